The van der Waals surface area contributed by atoms with Crippen LogP contribution in [0.3, 0.4) is 0 Å². The van der Waals surface area contributed by atoms with E-state index < -0.39 is 0 Å². The van der Waals surface area contributed by atoms with Gasteiger partial charge in [-0.15, -0.1) is 0 Å². The Bertz CT molecular complexity index is 255. The molecule has 1 saturated heterocycles. The van der Waals surface area contributed by atoms with Gasteiger partial charge in [-0.25, -0.2) is 4.98 Å². The van der Waals surface area contributed by atoms with Crippen molar-refractivity contribution in [2.24, 2.45) is 0 Å². The molecule has 0 amide bonds. The Morgan fingerprint density at radius 3 is 2.83 bits per heavy atom. The number of aromatic nitrogens is 2. The first-order valence-corrected chi connectivity index (χ1v) is 4.51. The minimum absolute atomic E-state index is 0.480. The van der Waals surface area contributed by atoms with Gasteiger partial charge in [-0.3, -0.25) is 0 Å². The molecule has 12 heavy (non-hydrogen) atoms. The smallest absolute Gasteiger partial charge is 0.128 e. The Morgan fingerprint density at radius 2 is 2.25 bits per heavy atom. The zero-order valence-corrected chi connectivity index (χ0v) is 7.50. The van der Waals surface area contributed by atoms with Crippen LogP contribution < -0.4 is 0 Å². The first-order chi connectivity index (χ1) is 5.88. The molecule has 0 aliphatic carbocycles. The molecule has 2 heterocycles. The maximum Gasteiger partial charge on any atom is 0.128 e. The first kappa shape index (κ1) is 8.08. The summed E-state index contributed by atoms with van der Waals surface area (Å²) in [5, 5.41) is 0.724. The van der Waals surface area contributed by atoms with Gasteiger partial charge in [0.1, 0.15) is 5.15 Å². The Morgan fingerprint density at radius 1 is 1.50 bits per heavy atom. The third-order valence-electron chi connectivity index (χ3n) is 2.20. The van der Waals surface area contributed by atoms with Gasteiger partial charge in [-0.1, -0.05) is 11.6 Å². The van der Waals surface area contributed by atoms with Crippen molar-refractivity contribution in [2.45, 2.75) is 18.9 Å². The van der Waals surface area contributed by atoms with Gasteiger partial charge in [0.05, 0.1) is 12.5 Å². The molecule has 4 heteroatoms. The van der Waals surface area contributed by atoms with Crippen LogP contribution >= 0.6 is 11.6 Å². The Hall–Kier alpha value is -0.540. The van der Waals surface area contributed by atoms with Crippen LogP contribution in [0.4, 0.5) is 0 Å². The SMILES string of the molecule is Clc1cncn1C1CCOCC1. The molecule has 1 aromatic rings. The van der Waals surface area contributed by atoms with Gasteiger partial charge in [0.25, 0.3) is 0 Å². The lowest BCUT2D eigenvalue weighted by Crippen LogP contribution is -2.18. The quantitative estimate of drug-likeness (QED) is 0.670. The summed E-state index contributed by atoms with van der Waals surface area (Å²) in [6.07, 6.45) is 5.54. The summed E-state index contributed by atoms with van der Waals surface area (Å²) in [7, 11) is 0. The second kappa shape index (κ2) is 3.46. The monoisotopic (exact) mass is 186 g/mol. The van der Waals surface area contributed by atoms with Gasteiger partial charge < -0.3 is 9.30 Å². The molecule has 3 nitrogen and oxygen atoms in total. The highest BCUT2D eigenvalue weighted by molar-refractivity contribution is 6.29. The summed E-state index contributed by atoms with van der Waals surface area (Å²) in [6.45, 7) is 1.67. The molecule has 1 aromatic heterocycles. The lowest BCUT2D eigenvalue weighted by atomic mass is 10.1. The van der Waals surface area contributed by atoms with Crippen molar-refractivity contribution in [3.63, 3.8) is 0 Å². The van der Waals surface area contributed by atoms with Crippen LogP contribution in [0.1, 0.15) is 18.9 Å². The Labute approximate surface area is 76.3 Å². The zero-order valence-electron chi connectivity index (χ0n) is 6.74. The topological polar surface area (TPSA) is 27.1 Å². The highest BCUT2D eigenvalue weighted by Crippen LogP contribution is 2.24. The van der Waals surface area contributed by atoms with Crippen LogP contribution in [-0.4, -0.2) is 22.8 Å². The van der Waals surface area contributed by atoms with E-state index in [1.54, 1.807) is 12.5 Å². The summed E-state index contributed by atoms with van der Waals surface area (Å²) in [4.78, 5) is 3.99. The van der Waals surface area contributed by atoms with Crippen LogP contribution in [-0.2, 0) is 4.74 Å². The molecule has 0 spiro atoms. The predicted molar refractivity (Wildman–Crippen MR) is 46.3 cm³/mol. The van der Waals surface area contributed by atoms with E-state index in [0.29, 0.717) is 6.04 Å². The zero-order chi connectivity index (χ0) is 8.39. The molecular formula is C8H11ClN2O. The van der Waals surface area contributed by atoms with Crippen molar-refractivity contribution < 1.29 is 4.74 Å². The van der Waals surface area contributed by atoms with Gasteiger partial charge in [0, 0.05) is 19.3 Å². The number of hydrogen-bond donors (Lipinski definition) is 0. The highest BCUT2D eigenvalue weighted by Gasteiger charge is 2.16. The number of imidazole rings is 1. The molecule has 0 radical (unpaired) electrons. The molecular weight excluding hydrogens is 176 g/mol. The molecule has 66 valence electrons. The number of hydrogen-bond acceptors (Lipinski definition) is 2. The normalized spacial score (nSPS) is 19.8. The average Bonchev–Trinajstić information content (AvgIpc) is 2.53. The van der Waals surface area contributed by atoms with Crippen molar-refractivity contribution in [2.75, 3.05) is 13.2 Å². The van der Waals surface area contributed by atoms with Crippen molar-refractivity contribution >= 4 is 11.6 Å². The van der Waals surface area contributed by atoms with Gasteiger partial charge in [-0.2, -0.15) is 0 Å². The van der Waals surface area contributed by atoms with E-state index in [2.05, 4.69) is 4.98 Å². The van der Waals surface area contributed by atoms with Crippen LogP contribution in [0.15, 0.2) is 12.5 Å². The molecule has 0 N–H and O–H groups in total. The average molecular weight is 187 g/mol. The maximum atomic E-state index is 5.93. The Balaban J connectivity index is 2.13. The van der Waals surface area contributed by atoms with Gasteiger partial charge in [-0.05, 0) is 12.8 Å². The molecule has 1 aliphatic rings. The van der Waals surface area contributed by atoms with Crippen molar-refractivity contribution in [3.05, 3.63) is 17.7 Å². The largest absolute Gasteiger partial charge is 0.381 e. The number of rotatable bonds is 1. The second-order valence-corrected chi connectivity index (χ2v) is 3.35. The summed E-state index contributed by atoms with van der Waals surface area (Å²) >= 11 is 5.93. The highest BCUT2D eigenvalue weighted by atomic mass is 35.5. The molecule has 1 aliphatic heterocycles. The van der Waals surface area contributed by atoms with Crippen molar-refractivity contribution in [1.29, 1.82) is 0 Å². The maximum absolute atomic E-state index is 5.93. The fourth-order valence-electron chi connectivity index (χ4n) is 1.52. The molecule has 0 atom stereocenters. The van der Waals surface area contributed by atoms with E-state index >= 15 is 0 Å². The van der Waals surface area contributed by atoms with E-state index in [1.165, 1.54) is 0 Å². The van der Waals surface area contributed by atoms with E-state index in [-0.39, 0.29) is 0 Å². The minimum atomic E-state index is 0.480. The lowest BCUT2D eigenvalue weighted by molar-refractivity contribution is 0.0696. The fourth-order valence-corrected chi connectivity index (χ4v) is 1.76. The van der Waals surface area contributed by atoms with Gasteiger partial charge in [0.2, 0.25) is 0 Å². The lowest BCUT2D eigenvalue weighted by Gasteiger charge is -2.23. The number of ether oxygens (including phenoxy) is 1. The second-order valence-electron chi connectivity index (χ2n) is 2.97. The number of nitrogens with zero attached hydrogens (tertiary/aromatic N) is 2. The molecule has 0 unspecified atom stereocenters. The summed E-state index contributed by atoms with van der Waals surface area (Å²) in [5.74, 6) is 0. The molecule has 1 fully saturated rings. The van der Waals surface area contributed by atoms with Crippen molar-refractivity contribution in [1.82, 2.24) is 9.55 Å². The van der Waals surface area contributed by atoms with Gasteiger partial charge in [0.15, 0.2) is 0 Å². The van der Waals surface area contributed by atoms with Crippen molar-refractivity contribution in [3.8, 4) is 0 Å². The van der Waals surface area contributed by atoms with E-state index in [9.17, 15) is 0 Å². The summed E-state index contributed by atoms with van der Waals surface area (Å²) in [6, 6.07) is 0.480. The third kappa shape index (κ3) is 1.47. The first-order valence-electron chi connectivity index (χ1n) is 4.13. The van der Waals surface area contributed by atoms with Crippen LogP contribution in [0.25, 0.3) is 0 Å². The molecule has 0 saturated carbocycles. The predicted octanol–water partition coefficient (Wildman–Crippen LogP) is 1.89. The summed E-state index contributed by atoms with van der Waals surface area (Å²) < 4.78 is 7.28. The Kier molecular flexibility index (Phi) is 2.33. The molecule has 2 rings (SSSR count). The molecule has 0 bridgehead atoms. The van der Waals surface area contributed by atoms with Crippen LogP contribution in [0.2, 0.25) is 5.15 Å². The van der Waals surface area contributed by atoms with E-state index in [4.69, 9.17) is 16.3 Å². The fraction of sp³-hybridized carbons (Fsp3) is 0.625. The van der Waals surface area contributed by atoms with E-state index in [0.717, 1.165) is 31.2 Å². The van der Waals surface area contributed by atoms with Crippen LogP contribution in [0.5, 0.6) is 0 Å². The summed E-state index contributed by atoms with van der Waals surface area (Å²) in [5.41, 5.74) is 0. The van der Waals surface area contributed by atoms with Crippen LogP contribution in [0, 0.1) is 0 Å². The molecule has 0 aromatic carbocycles. The minimum Gasteiger partial charge on any atom is -0.381 e. The van der Waals surface area contributed by atoms with E-state index in [1.807, 2.05) is 4.57 Å². The van der Waals surface area contributed by atoms with Gasteiger partial charge >= 0.3 is 0 Å². The number of halogens is 1. The third-order valence-corrected chi connectivity index (χ3v) is 2.50. The standard InChI is InChI=1S/C8H11ClN2O/c9-8-5-10-6-11(8)7-1-3-12-4-2-7/h5-7H,1-4H2.